The lowest BCUT2D eigenvalue weighted by atomic mass is 9.99. The van der Waals surface area contributed by atoms with E-state index in [4.69, 9.17) is 11.6 Å². The molecule has 0 aliphatic rings. The standard InChI is InChI=1S/C13H19ClN2O/c1-3-10(2)11-4-6-12(7-5-11)16-13(17)15-9-8-14/h4-7,10H,3,8-9H2,1-2H3,(H2,15,16,17)/t10-/m0/s1. The number of benzene rings is 1. The van der Waals surface area contributed by atoms with E-state index in [0.29, 0.717) is 18.3 Å². The minimum atomic E-state index is -0.220. The van der Waals surface area contributed by atoms with Crippen LogP contribution >= 0.6 is 11.6 Å². The van der Waals surface area contributed by atoms with Crippen LogP contribution in [0.3, 0.4) is 0 Å². The lowest BCUT2D eigenvalue weighted by molar-refractivity contribution is 0.252. The first-order chi connectivity index (χ1) is 8.17. The van der Waals surface area contributed by atoms with E-state index in [2.05, 4.69) is 24.5 Å². The monoisotopic (exact) mass is 254 g/mol. The molecule has 0 unspecified atom stereocenters. The van der Waals surface area contributed by atoms with Crippen LogP contribution < -0.4 is 10.6 Å². The lowest BCUT2D eigenvalue weighted by Crippen LogP contribution is -2.30. The maximum atomic E-state index is 11.4. The van der Waals surface area contributed by atoms with Gasteiger partial charge in [-0.05, 0) is 30.0 Å². The lowest BCUT2D eigenvalue weighted by Gasteiger charge is -2.10. The molecular weight excluding hydrogens is 236 g/mol. The molecule has 3 nitrogen and oxygen atoms in total. The third-order valence-corrected chi connectivity index (χ3v) is 2.92. The van der Waals surface area contributed by atoms with Gasteiger partial charge in [0, 0.05) is 18.1 Å². The van der Waals surface area contributed by atoms with E-state index in [-0.39, 0.29) is 6.03 Å². The van der Waals surface area contributed by atoms with Crippen LogP contribution in [0.5, 0.6) is 0 Å². The number of rotatable bonds is 5. The Balaban J connectivity index is 2.53. The predicted octanol–water partition coefficient (Wildman–Crippen LogP) is 3.56. The molecule has 0 aliphatic heterocycles. The highest BCUT2D eigenvalue weighted by molar-refractivity contribution is 6.18. The van der Waals surface area contributed by atoms with Gasteiger partial charge in [-0.2, -0.15) is 0 Å². The van der Waals surface area contributed by atoms with Crippen molar-refractivity contribution in [3.63, 3.8) is 0 Å². The summed E-state index contributed by atoms with van der Waals surface area (Å²) in [4.78, 5) is 11.4. The number of carbonyl (C=O) groups is 1. The molecule has 0 aromatic heterocycles. The fourth-order valence-corrected chi connectivity index (χ4v) is 1.56. The molecule has 0 saturated carbocycles. The summed E-state index contributed by atoms with van der Waals surface area (Å²) in [5.41, 5.74) is 2.09. The maximum Gasteiger partial charge on any atom is 0.319 e. The van der Waals surface area contributed by atoms with Crippen LogP contribution in [0.25, 0.3) is 0 Å². The fourth-order valence-electron chi connectivity index (χ4n) is 1.47. The molecule has 2 N–H and O–H groups in total. The molecule has 0 fully saturated rings. The summed E-state index contributed by atoms with van der Waals surface area (Å²) in [5, 5.41) is 5.40. The van der Waals surface area contributed by atoms with E-state index in [0.717, 1.165) is 12.1 Å². The number of halogens is 1. The number of hydrogen-bond donors (Lipinski definition) is 2. The average Bonchev–Trinajstić information content (AvgIpc) is 2.36. The van der Waals surface area contributed by atoms with E-state index in [1.54, 1.807) is 0 Å². The van der Waals surface area contributed by atoms with Crippen LogP contribution in [0.2, 0.25) is 0 Å². The van der Waals surface area contributed by atoms with Crippen LogP contribution in [0, 0.1) is 0 Å². The SMILES string of the molecule is CC[C@H](C)c1ccc(NC(=O)NCCCl)cc1. The molecule has 0 radical (unpaired) electrons. The molecule has 1 aromatic carbocycles. The summed E-state index contributed by atoms with van der Waals surface area (Å²) in [6, 6.07) is 7.71. The Morgan fingerprint density at radius 1 is 1.35 bits per heavy atom. The van der Waals surface area contributed by atoms with Crippen molar-refractivity contribution < 1.29 is 4.79 Å². The molecular formula is C13H19ClN2O. The Hall–Kier alpha value is -1.22. The third-order valence-electron chi connectivity index (χ3n) is 2.73. The van der Waals surface area contributed by atoms with Gasteiger partial charge in [-0.1, -0.05) is 26.0 Å². The number of anilines is 1. The quantitative estimate of drug-likeness (QED) is 0.775. The van der Waals surface area contributed by atoms with Gasteiger partial charge in [0.05, 0.1) is 0 Å². The van der Waals surface area contributed by atoms with E-state index < -0.39 is 0 Å². The third kappa shape index (κ3) is 4.65. The van der Waals surface area contributed by atoms with E-state index >= 15 is 0 Å². The Morgan fingerprint density at radius 2 is 2.00 bits per heavy atom. The average molecular weight is 255 g/mol. The summed E-state index contributed by atoms with van der Waals surface area (Å²) in [6.45, 7) is 4.82. The van der Waals surface area contributed by atoms with Crippen molar-refractivity contribution in [2.75, 3.05) is 17.7 Å². The minimum absolute atomic E-state index is 0.220. The zero-order valence-corrected chi connectivity index (χ0v) is 11.1. The summed E-state index contributed by atoms with van der Waals surface area (Å²) in [6.07, 6.45) is 1.11. The molecule has 1 atom stereocenters. The first kappa shape index (κ1) is 13.8. The van der Waals surface area contributed by atoms with Crippen molar-refractivity contribution >= 4 is 23.3 Å². The Bertz CT molecular complexity index is 351. The van der Waals surface area contributed by atoms with Crippen molar-refractivity contribution in [2.24, 2.45) is 0 Å². The van der Waals surface area contributed by atoms with Gasteiger partial charge in [-0.15, -0.1) is 11.6 Å². The molecule has 17 heavy (non-hydrogen) atoms. The predicted molar refractivity (Wildman–Crippen MR) is 72.9 cm³/mol. The number of nitrogens with one attached hydrogen (secondary N) is 2. The zero-order chi connectivity index (χ0) is 12.7. The van der Waals surface area contributed by atoms with Crippen LogP contribution in [0.15, 0.2) is 24.3 Å². The number of urea groups is 1. The highest BCUT2D eigenvalue weighted by atomic mass is 35.5. The van der Waals surface area contributed by atoms with Crippen molar-refractivity contribution in [1.82, 2.24) is 5.32 Å². The fraction of sp³-hybridized carbons (Fsp3) is 0.462. The first-order valence-electron chi connectivity index (χ1n) is 5.88. The number of alkyl halides is 1. The van der Waals surface area contributed by atoms with Gasteiger partial charge in [0.2, 0.25) is 0 Å². The molecule has 1 aromatic rings. The van der Waals surface area contributed by atoms with Crippen molar-refractivity contribution in [3.8, 4) is 0 Å². The number of hydrogen-bond acceptors (Lipinski definition) is 1. The molecule has 0 bridgehead atoms. The van der Waals surface area contributed by atoms with Crippen LogP contribution in [0.1, 0.15) is 31.7 Å². The second-order valence-corrected chi connectivity index (χ2v) is 4.38. The van der Waals surface area contributed by atoms with Gasteiger partial charge < -0.3 is 10.6 Å². The van der Waals surface area contributed by atoms with Gasteiger partial charge >= 0.3 is 6.03 Å². The second kappa shape index (κ2) is 7.17. The molecule has 4 heteroatoms. The topological polar surface area (TPSA) is 41.1 Å². The normalized spacial score (nSPS) is 11.9. The van der Waals surface area contributed by atoms with Crippen molar-refractivity contribution in [1.29, 1.82) is 0 Å². The number of amides is 2. The summed E-state index contributed by atoms with van der Waals surface area (Å²) < 4.78 is 0. The summed E-state index contributed by atoms with van der Waals surface area (Å²) in [5.74, 6) is 0.967. The molecule has 94 valence electrons. The van der Waals surface area contributed by atoms with E-state index in [1.165, 1.54) is 5.56 Å². The van der Waals surface area contributed by atoms with Gasteiger partial charge in [0.15, 0.2) is 0 Å². The molecule has 1 rings (SSSR count). The minimum Gasteiger partial charge on any atom is -0.337 e. The second-order valence-electron chi connectivity index (χ2n) is 4.00. The molecule has 2 amide bonds. The maximum absolute atomic E-state index is 11.4. The highest BCUT2D eigenvalue weighted by Crippen LogP contribution is 2.20. The Kier molecular flexibility index (Phi) is 5.84. The van der Waals surface area contributed by atoms with Crippen LogP contribution in [0.4, 0.5) is 10.5 Å². The van der Waals surface area contributed by atoms with Crippen LogP contribution in [-0.4, -0.2) is 18.5 Å². The Labute approximate surface area is 108 Å². The molecule has 0 spiro atoms. The van der Waals surface area contributed by atoms with Gasteiger partial charge in [-0.25, -0.2) is 4.79 Å². The van der Waals surface area contributed by atoms with Crippen molar-refractivity contribution in [3.05, 3.63) is 29.8 Å². The molecule has 0 aliphatic carbocycles. The smallest absolute Gasteiger partial charge is 0.319 e. The van der Waals surface area contributed by atoms with Gasteiger partial charge in [0.1, 0.15) is 0 Å². The highest BCUT2D eigenvalue weighted by Gasteiger charge is 2.04. The first-order valence-corrected chi connectivity index (χ1v) is 6.41. The van der Waals surface area contributed by atoms with E-state index in [9.17, 15) is 4.79 Å². The summed E-state index contributed by atoms with van der Waals surface area (Å²) in [7, 11) is 0. The van der Waals surface area contributed by atoms with E-state index in [1.807, 2.05) is 24.3 Å². The summed E-state index contributed by atoms with van der Waals surface area (Å²) >= 11 is 5.48. The van der Waals surface area contributed by atoms with Crippen molar-refractivity contribution in [2.45, 2.75) is 26.2 Å². The van der Waals surface area contributed by atoms with Gasteiger partial charge in [-0.3, -0.25) is 0 Å². The number of carbonyl (C=O) groups excluding carboxylic acids is 1. The largest absolute Gasteiger partial charge is 0.337 e. The molecule has 0 saturated heterocycles. The van der Waals surface area contributed by atoms with Gasteiger partial charge in [0.25, 0.3) is 0 Å². The zero-order valence-electron chi connectivity index (χ0n) is 10.3. The molecule has 0 heterocycles. The van der Waals surface area contributed by atoms with Crippen LogP contribution in [-0.2, 0) is 0 Å². The Morgan fingerprint density at radius 3 is 2.53 bits per heavy atom.